The van der Waals surface area contributed by atoms with Gasteiger partial charge in [-0.2, -0.15) is 4.98 Å². The molecule has 1 saturated heterocycles. The predicted octanol–water partition coefficient (Wildman–Crippen LogP) is 3.75. The Bertz CT molecular complexity index is 1340. The van der Waals surface area contributed by atoms with Crippen molar-refractivity contribution in [1.82, 2.24) is 9.55 Å². The van der Waals surface area contributed by atoms with Gasteiger partial charge in [-0.1, -0.05) is 35.4 Å². The largest absolute Gasteiger partial charge is 0.481 e. The Kier molecular flexibility index (Phi) is 8.52. The zero-order valence-electron chi connectivity index (χ0n) is 21.4. The van der Waals surface area contributed by atoms with Crippen LogP contribution < -0.4 is 10.4 Å². The summed E-state index contributed by atoms with van der Waals surface area (Å²) in [6.07, 6.45) is -1.07. The van der Waals surface area contributed by atoms with E-state index in [0.29, 0.717) is 16.7 Å². The van der Waals surface area contributed by atoms with E-state index in [2.05, 4.69) is 4.98 Å². The van der Waals surface area contributed by atoms with Gasteiger partial charge >= 0.3 is 17.6 Å². The Morgan fingerprint density at radius 3 is 2.21 bits per heavy atom. The van der Waals surface area contributed by atoms with E-state index in [4.69, 9.17) is 18.9 Å². The Morgan fingerprint density at radius 1 is 1.03 bits per heavy atom. The van der Waals surface area contributed by atoms with Crippen molar-refractivity contribution >= 4 is 11.9 Å². The summed E-state index contributed by atoms with van der Waals surface area (Å²) in [5.41, 5.74) is 2.42. The molecule has 38 heavy (non-hydrogen) atoms. The highest BCUT2D eigenvalue weighted by Gasteiger charge is 2.40. The summed E-state index contributed by atoms with van der Waals surface area (Å²) in [4.78, 5) is 42.0. The molecule has 10 heteroatoms. The molecule has 0 spiro atoms. The number of esters is 2. The second-order valence-corrected chi connectivity index (χ2v) is 9.04. The number of aromatic nitrogens is 2. The molecule has 0 amide bonds. The van der Waals surface area contributed by atoms with E-state index in [9.17, 15) is 18.8 Å². The van der Waals surface area contributed by atoms with Crippen LogP contribution in [0.2, 0.25) is 0 Å². The number of ether oxygens (including phenoxy) is 4. The molecule has 0 unspecified atom stereocenters. The fraction of sp³-hybridized carbons (Fsp3) is 0.357. The van der Waals surface area contributed by atoms with Crippen LogP contribution in [0.1, 0.15) is 50.1 Å². The second kappa shape index (κ2) is 12.0. The molecule has 1 aliphatic rings. The zero-order chi connectivity index (χ0) is 27.2. The molecule has 0 radical (unpaired) electrons. The molecule has 2 heterocycles. The van der Waals surface area contributed by atoms with Crippen LogP contribution in [0.4, 0.5) is 4.39 Å². The van der Waals surface area contributed by atoms with Crippen molar-refractivity contribution in [2.75, 3.05) is 20.4 Å². The van der Waals surface area contributed by atoms with Crippen LogP contribution >= 0.6 is 0 Å². The first-order valence-corrected chi connectivity index (χ1v) is 12.2. The van der Waals surface area contributed by atoms with Crippen molar-refractivity contribution in [3.05, 3.63) is 93.0 Å². The van der Waals surface area contributed by atoms with Gasteiger partial charge in [0.2, 0.25) is 5.88 Å². The maximum absolute atomic E-state index is 13.1. The molecule has 0 aliphatic carbocycles. The summed E-state index contributed by atoms with van der Waals surface area (Å²) < 4.78 is 36.7. The zero-order valence-corrected chi connectivity index (χ0v) is 21.4. The topological polar surface area (TPSA) is 106 Å². The summed E-state index contributed by atoms with van der Waals surface area (Å²) in [5.74, 6) is -1.10. The third kappa shape index (κ3) is 6.25. The average Bonchev–Trinajstić information content (AvgIpc) is 3.30. The van der Waals surface area contributed by atoms with Gasteiger partial charge < -0.3 is 18.9 Å². The Labute approximate surface area is 219 Å². The maximum atomic E-state index is 13.1. The van der Waals surface area contributed by atoms with Gasteiger partial charge in [0.1, 0.15) is 25.0 Å². The van der Waals surface area contributed by atoms with Crippen molar-refractivity contribution in [2.24, 2.45) is 0 Å². The smallest absolute Gasteiger partial charge is 0.352 e. The fourth-order valence-corrected chi connectivity index (χ4v) is 4.12. The van der Waals surface area contributed by atoms with Gasteiger partial charge in [0.25, 0.3) is 0 Å². The summed E-state index contributed by atoms with van der Waals surface area (Å²) in [6, 6.07) is 13.8. The lowest BCUT2D eigenvalue weighted by atomic mass is 10.1. The van der Waals surface area contributed by atoms with Gasteiger partial charge in [0.15, 0.2) is 0 Å². The maximum Gasteiger partial charge on any atom is 0.352 e. The summed E-state index contributed by atoms with van der Waals surface area (Å²) >= 11 is 0. The number of alkyl halides is 1. The van der Waals surface area contributed by atoms with Gasteiger partial charge in [0.05, 0.1) is 24.9 Å². The van der Waals surface area contributed by atoms with Gasteiger partial charge in [-0.05, 0) is 38.1 Å². The minimum Gasteiger partial charge on any atom is -0.481 e. The molecule has 9 nitrogen and oxygen atoms in total. The molecule has 4 rings (SSSR count). The van der Waals surface area contributed by atoms with Gasteiger partial charge in [0, 0.05) is 24.6 Å². The normalized spacial score (nSPS) is 18.7. The van der Waals surface area contributed by atoms with E-state index in [-0.39, 0.29) is 25.3 Å². The van der Waals surface area contributed by atoms with Crippen molar-refractivity contribution < 1.29 is 32.9 Å². The van der Waals surface area contributed by atoms with Crippen molar-refractivity contribution in [3.8, 4) is 5.88 Å². The molecule has 0 saturated carbocycles. The van der Waals surface area contributed by atoms with Crippen LogP contribution in [0, 0.1) is 13.8 Å². The molecule has 3 atom stereocenters. The number of halogens is 1. The first-order chi connectivity index (χ1) is 18.3. The highest BCUT2D eigenvalue weighted by Crippen LogP contribution is 2.32. The molecule has 3 aromatic rings. The molecule has 1 aromatic heterocycles. The Hall–Kier alpha value is -4.05. The first-order valence-electron chi connectivity index (χ1n) is 12.2. The van der Waals surface area contributed by atoms with E-state index in [1.165, 1.54) is 17.9 Å². The Balaban J connectivity index is 1.56. The lowest BCUT2D eigenvalue weighted by Gasteiger charge is -2.19. The van der Waals surface area contributed by atoms with E-state index < -0.39 is 42.7 Å². The van der Waals surface area contributed by atoms with Crippen LogP contribution in [-0.2, 0) is 20.6 Å². The van der Waals surface area contributed by atoms with E-state index in [1.807, 2.05) is 13.8 Å². The standard InChI is InChI=1S/C28H29FN2O7/c1-17-4-8-19(9-5-17)26(32)36-16-23-22(38-27(33)20-10-6-18(2)7-11-20)14-24(37-23)31-15-21(12-13-29)25(35-3)30-28(31)34/h4-11,15,22-24H,12-14,16H2,1-3H3/t22-,23+,24+/m0/s1/i29-1. The molecule has 200 valence electrons. The molecule has 0 N–H and O–H groups in total. The second-order valence-electron chi connectivity index (χ2n) is 9.04. The van der Waals surface area contributed by atoms with Crippen LogP contribution in [-0.4, -0.2) is 54.1 Å². The van der Waals surface area contributed by atoms with E-state index in [1.54, 1.807) is 48.5 Å². The quantitative estimate of drug-likeness (QED) is 0.391. The number of methoxy groups -OCH3 is 1. The Morgan fingerprint density at radius 2 is 1.63 bits per heavy atom. The fourth-order valence-electron chi connectivity index (χ4n) is 4.12. The molecular weight excluding hydrogens is 494 g/mol. The highest BCUT2D eigenvalue weighted by atomic mass is 18.2. The van der Waals surface area contributed by atoms with Gasteiger partial charge in [-0.3, -0.25) is 8.96 Å². The molecular formula is C28H29FN2O7. The predicted molar refractivity (Wildman–Crippen MR) is 135 cm³/mol. The number of benzene rings is 2. The molecule has 1 fully saturated rings. The number of carbonyl (C=O) groups is 2. The lowest BCUT2D eigenvalue weighted by Crippen LogP contribution is -2.32. The summed E-state index contributed by atoms with van der Waals surface area (Å²) in [6.45, 7) is 2.92. The number of hydrogen-bond donors (Lipinski definition) is 0. The van der Waals surface area contributed by atoms with E-state index in [0.717, 1.165) is 11.1 Å². The number of rotatable bonds is 9. The lowest BCUT2D eigenvalue weighted by molar-refractivity contribution is -0.0583. The number of nitrogens with zero attached hydrogens (tertiary/aromatic N) is 2. The number of aryl methyl sites for hydroxylation is 3. The van der Waals surface area contributed by atoms with Crippen LogP contribution in [0.3, 0.4) is 0 Å². The SMILES string of the molecule is COc1nc(=O)n([C@H]2C[C@H](OC(=O)c3ccc(C)cc3)[C@@H](COC(=O)c3ccc(C)cc3)O2)cc1CC[18F]. The molecule has 1 aliphatic heterocycles. The first kappa shape index (κ1) is 27.0. The third-order valence-electron chi connectivity index (χ3n) is 6.25. The summed E-state index contributed by atoms with van der Waals surface area (Å²) in [5, 5.41) is 0. The molecule has 0 bridgehead atoms. The third-order valence-corrected chi connectivity index (χ3v) is 6.25. The number of carbonyl (C=O) groups excluding carboxylic acids is 2. The number of hydrogen-bond acceptors (Lipinski definition) is 8. The van der Waals surface area contributed by atoms with Crippen LogP contribution in [0.5, 0.6) is 5.88 Å². The average molecular weight is 524 g/mol. The van der Waals surface area contributed by atoms with Crippen molar-refractivity contribution in [1.29, 1.82) is 0 Å². The van der Waals surface area contributed by atoms with Gasteiger partial charge in [-0.25, -0.2) is 14.4 Å². The minimum atomic E-state index is -0.891. The van der Waals surface area contributed by atoms with E-state index >= 15 is 0 Å². The minimum absolute atomic E-state index is 0.00734. The van der Waals surface area contributed by atoms with Crippen molar-refractivity contribution in [3.63, 3.8) is 0 Å². The molecule has 2 aromatic carbocycles. The monoisotopic (exact) mass is 523 g/mol. The highest BCUT2D eigenvalue weighted by molar-refractivity contribution is 5.90. The van der Waals surface area contributed by atoms with Crippen molar-refractivity contribution in [2.45, 2.75) is 45.1 Å². The van der Waals surface area contributed by atoms with Crippen LogP contribution in [0.15, 0.2) is 59.5 Å². The van der Waals surface area contributed by atoms with Crippen LogP contribution in [0.25, 0.3) is 0 Å². The summed E-state index contributed by atoms with van der Waals surface area (Å²) in [7, 11) is 1.35. The van der Waals surface area contributed by atoms with Gasteiger partial charge in [-0.15, -0.1) is 0 Å².